The first-order valence-corrected chi connectivity index (χ1v) is 8.75. The summed E-state index contributed by atoms with van der Waals surface area (Å²) in [7, 11) is 1.40. The van der Waals surface area contributed by atoms with E-state index in [1.54, 1.807) is 0 Å². The fourth-order valence-corrected chi connectivity index (χ4v) is 3.26. The van der Waals surface area contributed by atoms with E-state index in [4.69, 9.17) is 0 Å². The van der Waals surface area contributed by atoms with E-state index in [0.717, 1.165) is 21.3 Å². The Kier molecular flexibility index (Phi) is 4.56. The van der Waals surface area contributed by atoms with Crippen molar-refractivity contribution in [2.45, 2.75) is 12.7 Å². The summed E-state index contributed by atoms with van der Waals surface area (Å²) in [4.78, 5) is 25.6. The van der Waals surface area contributed by atoms with Gasteiger partial charge in [0.15, 0.2) is 0 Å². The monoisotopic (exact) mass is 418 g/mol. The Labute approximate surface area is 166 Å². The second-order valence-electron chi connectivity index (χ2n) is 6.81. The number of fused-ring (bicyclic) bond motifs is 1. The smallest absolute Gasteiger partial charge is 0.303 e. The summed E-state index contributed by atoms with van der Waals surface area (Å²) >= 11 is 0. The first kappa shape index (κ1) is 19.6. The number of hydrogen-bond donors (Lipinski definition) is 1. The first-order valence-electron chi connectivity index (χ1n) is 8.75. The van der Waals surface area contributed by atoms with Crippen molar-refractivity contribution in [3.63, 3.8) is 0 Å². The fourth-order valence-electron chi connectivity index (χ4n) is 3.26. The minimum Gasteiger partial charge on any atom is -0.303 e. The molecule has 1 N–H and O–H groups in total. The first-order chi connectivity index (χ1) is 14.1. The maximum atomic E-state index is 13.4. The van der Waals surface area contributed by atoms with Gasteiger partial charge in [0.2, 0.25) is 0 Å². The molecule has 0 bridgehead atoms. The van der Waals surface area contributed by atoms with Crippen LogP contribution in [0.1, 0.15) is 11.1 Å². The van der Waals surface area contributed by atoms with Gasteiger partial charge in [-0.25, -0.2) is 9.18 Å². The third-order valence-corrected chi connectivity index (χ3v) is 4.76. The van der Waals surface area contributed by atoms with Gasteiger partial charge in [0.1, 0.15) is 5.82 Å². The van der Waals surface area contributed by atoms with Crippen LogP contribution in [0, 0.1) is 5.82 Å². The van der Waals surface area contributed by atoms with Gasteiger partial charge in [0.25, 0.3) is 5.56 Å². The summed E-state index contributed by atoms with van der Waals surface area (Å²) < 4.78 is 55.2. The Morgan fingerprint density at radius 1 is 1.07 bits per heavy atom. The fraction of sp³-hybridized carbons (Fsp3) is 0.150. The Bertz CT molecular complexity index is 1370. The molecule has 0 amide bonds. The molecule has 4 aromatic rings. The molecule has 0 saturated heterocycles. The number of nitrogens with zero attached hydrogens (tertiary/aromatic N) is 3. The number of aromatic amines is 1. The van der Waals surface area contributed by atoms with Crippen LogP contribution in [0.5, 0.6) is 0 Å². The van der Waals surface area contributed by atoms with Crippen molar-refractivity contribution in [3.8, 4) is 11.1 Å². The summed E-state index contributed by atoms with van der Waals surface area (Å²) in [6.07, 6.45) is -2.12. The summed E-state index contributed by atoms with van der Waals surface area (Å²) in [5, 5.41) is 6.57. The number of aryl methyl sites for hydroxylation is 1. The van der Waals surface area contributed by atoms with Gasteiger partial charge in [-0.15, -0.1) is 0 Å². The minimum absolute atomic E-state index is 0.00188. The zero-order valence-corrected chi connectivity index (χ0v) is 15.5. The average molecular weight is 418 g/mol. The lowest BCUT2D eigenvalue weighted by Gasteiger charge is -2.13. The van der Waals surface area contributed by atoms with E-state index in [-0.39, 0.29) is 23.2 Å². The maximum Gasteiger partial charge on any atom is 0.416 e. The van der Waals surface area contributed by atoms with Gasteiger partial charge >= 0.3 is 11.9 Å². The topological polar surface area (TPSA) is 72.7 Å². The van der Waals surface area contributed by atoms with Crippen molar-refractivity contribution >= 4 is 10.9 Å². The molecular weight excluding hydrogens is 404 g/mol. The van der Waals surface area contributed by atoms with Gasteiger partial charge in [-0.1, -0.05) is 12.1 Å². The molecule has 2 aromatic carbocycles. The number of aromatic nitrogens is 4. The summed E-state index contributed by atoms with van der Waals surface area (Å²) in [6, 6.07) is 7.00. The minimum atomic E-state index is -4.64. The van der Waals surface area contributed by atoms with Gasteiger partial charge in [0, 0.05) is 24.2 Å². The molecule has 0 aliphatic heterocycles. The SMILES string of the molecule is Cn1cc(-c2cc(C(F)(F)F)cc3[nH]ncc23)c(=O)n(Cc2ccc(F)cc2)c1=O. The van der Waals surface area contributed by atoms with Gasteiger partial charge < -0.3 is 4.57 Å². The molecule has 4 rings (SSSR count). The molecule has 0 radical (unpaired) electrons. The number of alkyl halides is 3. The van der Waals surface area contributed by atoms with Crippen molar-refractivity contribution in [3.05, 3.63) is 86.6 Å². The molecular formula is C20H14F4N4O2. The van der Waals surface area contributed by atoms with Crippen LogP contribution in [0.3, 0.4) is 0 Å². The number of rotatable bonds is 3. The molecule has 0 unspecified atom stereocenters. The van der Waals surface area contributed by atoms with Crippen LogP contribution in [-0.4, -0.2) is 19.3 Å². The molecule has 10 heteroatoms. The Morgan fingerprint density at radius 3 is 2.43 bits per heavy atom. The highest BCUT2D eigenvalue weighted by Crippen LogP contribution is 2.35. The molecule has 0 fully saturated rings. The number of nitrogens with one attached hydrogen (secondary N) is 1. The van der Waals surface area contributed by atoms with Crippen LogP contribution in [-0.2, 0) is 19.8 Å². The van der Waals surface area contributed by atoms with Crippen LogP contribution < -0.4 is 11.2 Å². The van der Waals surface area contributed by atoms with Crippen LogP contribution in [0.25, 0.3) is 22.0 Å². The molecule has 6 nitrogen and oxygen atoms in total. The van der Waals surface area contributed by atoms with E-state index in [1.807, 2.05) is 0 Å². The summed E-state index contributed by atoms with van der Waals surface area (Å²) in [6.45, 7) is -0.160. The molecule has 30 heavy (non-hydrogen) atoms. The molecule has 0 aliphatic carbocycles. The highest BCUT2D eigenvalue weighted by molar-refractivity contribution is 5.94. The van der Waals surface area contributed by atoms with Gasteiger partial charge in [-0.05, 0) is 29.8 Å². The summed E-state index contributed by atoms with van der Waals surface area (Å²) in [5.74, 6) is -0.473. The molecule has 0 spiro atoms. The Balaban J connectivity index is 1.96. The molecule has 0 saturated carbocycles. The van der Waals surface area contributed by atoms with Crippen molar-refractivity contribution in [2.75, 3.05) is 0 Å². The van der Waals surface area contributed by atoms with E-state index in [0.29, 0.717) is 10.9 Å². The van der Waals surface area contributed by atoms with Crippen LogP contribution in [0.4, 0.5) is 17.6 Å². The highest BCUT2D eigenvalue weighted by atomic mass is 19.4. The predicted molar refractivity (Wildman–Crippen MR) is 102 cm³/mol. The highest BCUT2D eigenvalue weighted by Gasteiger charge is 2.32. The summed E-state index contributed by atoms with van der Waals surface area (Å²) in [5.41, 5.74) is -1.84. The van der Waals surface area contributed by atoms with Crippen molar-refractivity contribution in [2.24, 2.45) is 7.05 Å². The number of halogens is 4. The molecule has 2 aromatic heterocycles. The van der Waals surface area contributed by atoms with E-state index in [1.165, 1.54) is 43.7 Å². The molecule has 154 valence electrons. The number of benzene rings is 2. The van der Waals surface area contributed by atoms with Gasteiger partial charge in [0.05, 0.1) is 29.4 Å². The lowest BCUT2D eigenvalue weighted by atomic mass is 10.0. The van der Waals surface area contributed by atoms with Crippen LogP contribution in [0.15, 0.2) is 58.4 Å². The van der Waals surface area contributed by atoms with E-state index < -0.39 is 28.8 Å². The Hall–Kier alpha value is -3.69. The average Bonchev–Trinajstić information content (AvgIpc) is 3.17. The van der Waals surface area contributed by atoms with Crippen LogP contribution in [0.2, 0.25) is 0 Å². The van der Waals surface area contributed by atoms with Crippen molar-refractivity contribution in [1.29, 1.82) is 0 Å². The molecule has 0 atom stereocenters. The van der Waals surface area contributed by atoms with Crippen LogP contribution >= 0.6 is 0 Å². The lowest BCUT2D eigenvalue weighted by molar-refractivity contribution is -0.137. The van der Waals surface area contributed by atoms with E-state index in [2.05, 4.69) is 10.2 Å². The molecule has 0 aliphatic rings. The van der Waals surface area contributed by atoms with E-state index >= 15 is 0 Å². The molecule has 2 heterocycles. The standard InChI is InChI=1S/C20H14F4N4O2/c1-27-10-16(14-6-12(20(22,23)24)7-17-15(14)8-25-26-17)18(29)28(19(27)30)9-11-2-4-13(21)5-3-11/h2-8,10H,9H2,1H3,(H,25,26). The second kappa shape index (κ2) is 6.97. The Morgan fingerprint density at radius 2 is 1.77 bits per heavy atom. The predicted octanol–water partition coefficient (Wildman–Crippen LogP) is 3.30. The maximum absolute atomic E-state index is 13.4. The van der Waals surface area contributed by atoms with Gasteiger partial charge in [-0.2, -0.15) is 18.3 Å². The quantitative estimate of drug-likeness (QED) is 0.519. The second-order valence-corrected chi connectivity index (χ2v) is 6.81. The van der Waals surface area contributed by atoms with E-state index in [9.17, 15) is 27.2 Å². The normalized spacial score (nSPS) is 11.9. The third-order valence-electron chi connectivity index (χ3n) is 4.76. The lowest BCUT2D eigenvalue weighted by Crippen LogP contribution is -2.39. The zero-order valence-electron chi connectivity index (χ0n) is 15.5. The zero-order chi connectivity index (χ0) is 21.6. The third kappa shape index (κ3) is 3.40. The number of H-pyrrole nitrogens is 1. The van der Waals surface area contributed by atoms with Crippen molar-refractivity contribution < 1.29 is 17.6 Å². The van der Waals surface area contributed by atoms with Crippen molar-refractivity contribution in [1.82, 2.24) is 19.3 Å². The number of hydrogen-bond acceptors (Lipinski definition) is 3. The largest absolute Gasteiger partial charge is 0.416 e. The van der Waals surface area contributed by atoms with Gasteiger partial charge in [-0.3, -0.25) is 14.5 Å².